The molecule has 0 N–H and O–H groups in total. The number of ether oxygens (including phenoxy) is 2. The van der Waals surface area contributed by atoms with E-state index in [0.29, 0.717) is 6.61 Å². The highest BCUT2D eigenvalue weighted by atomic mass is 19.3. The Morgan fingerprint density at radius 3 is 2.96 bits per heavy atom. The van der Waals surface area contributed by atoms with Gasteiger partial charge in [0.15, 0.2) is 5.82 Å². The van der Waals surface area contributed by atoms with Gasteiger partial charge < -0.3 is 9.47 Å². The third-order valence-corrected chi connectivity index (χ3v) is 4.99. The van der Waals surface area contributed by atoms with Crippen molar-refractivity contribution in [1.29, 1.82) is 0 Å². The van der Waals surface area contributed by atoms with Gasteiger partial charge in [-0.2, -0.15) is 4.98 Å². The Labute approximate surface area is 141 Å². The summed E-state index contributed by atoms with van der Waals surface area (Å²) in [5.74, 6) is -0.268. The first kappa shape index (κ1) is 17.5. The van der Waals surface area contributed by atoms with E-state index in [1.807, 2.05) is 0 Å². The van der Waals surface area contributed by atoms with E-state index < -0.39 is 12.2 Å². The number of nitrogens with zero attached hydrogens (tertiary/aromatic N) is 3. The fraction of sp³-hybridized carbons (Fsp3) is 0.765. The third-order valence-electron chi connectivity index (χ3n) is 4.99. The van der Waals surface area contributed by atoms with Crippen LogP contribution in [0.5, 0.6) is 5.88 Å². The number of fused-ring (bicyclic) bond motifs is 1. The molecule has 0 unspecified atom stereocenters. The quantitative estimate of drug-likeness (QED) is 0.762. The van der Waals surface area contributed by atoms with Crippen molar-refractivity contribution in [2.75, 3.05) is 19.8 Å². The van der Waals surface area contributed by atoms with E-state index in [0.717, 1.165) is 32.4 Å². The summed E-state index contributed by atoms with van der Waals surface area (Å²) in [6.45, 7) is 6.37. The topological polar surface area (TPSA) is 47.5 Å². The van der Waals surface area contributed by atoms with E-state index in [1.165, 1.54) is 18.7 Å². The Bertz CT molecular complexity index is 558. The fourth-order valence-corrected chi connectivity index (χ4v) is 3.83. The van der Waals surface area contributed by atoms with Gasteiger partial charge in [-0.15, -0.1) is 0 Å². The zero-order valence-corrected chi connectivity index (χ0v) is 14.3. The molecule has 0 aromatic carbocycles. The van der Waals surface area contributed by atoms with Gasteiger partial charge in [-0.05, 0) is 46.1 Å². The van der Waals surface area contributed by atoms with Gasteiger partial charge >= 0.3 is 0 Å². The number of hydrogen-bond donors (Lipinski definition) is 0. The second-order valence-electron chi connectivity index (χ2n) is 6.94. The lowest BCUT2D eigenvalue weighted by Crippen LogP contribution is -2.47. The molecule has 3 heterocycles. The molecule has 7 heteroatoms. The number of hydrogen-bond acceptors (Lipinski definition) is 5. The fourth-order valence-electron chi connectivity index (χ4n) is 3.83. The van der Waals surface area contributed by atoms with Gasteiger partial charge in [-0.1, -0.05) is 0 Å². The van der Waals surface area contributed by atoms with E-state index in [1.54, 1.807) is 0 Å². The first-order valence-electron chi connectivity index (χ1n) is 8.62. The van der Waals surface area contributed by atoms with Gasteiger partial charge in [-0.25, -0.2) is 13.8 Å². The van der Waals surface area contributed by atoms with E-state index in [2.05, 4.69) is 28.7 Å². The van der Waals surface area contributed by atoms with Crippen molar-refractivity contribution in [2.45, 2.75) is 63.6 Å². The summed E-state index contributed by atoms with van der Waals surface area (Å²) in [5, 5.41) is 0. The first-order chi connectivity index (χ1) is 11.5. The molecule has 1 aromatic heterocycles. The van der Waals surface area contributed by atoms with E-state index in [9.17, 15) is 8.78 Å². The van der Waals surface area contributed by atoms with Gasteiger partial charge in [0.1, 0.15) is 6.61 Å². The number of aromatic nitrogens is 2. The summed E-state index contributed by atoms with van der Waals surface area (Å²) in [7, 11) is 0. The molecule has 2 atom stereocenters. The molecule has 1 aromatic rings. The Hall–Kier alpha value is -1.34. The molecule has 0 bridgehead atoms. The van der Waals surface area contributed by atoms with Crippen molar-refractivity contribution >= 4 is 0 Å². The van der Waals surface area contributed by atoms with Gasteiger partial charge in [-0.3, -0.25) is 4.90 Å². The summed E-state index contributed by atoms with van der Waals surface area (Å²) < 4.78 is 36.9. The van der Waals surface area contributed by atoms with Crippen molar-refractivity contribution < 1.29 is 18.3 Å². The van der Waals surface area contributed by atoms with Crippen LogP contribution in [0.2, 0.25) is 0 Å². The minimum atomic E-state index is -2.68. The van der Waals surface area contributed by atoms with Gasteiger partial charge in [0.25, 0.3) is 6.43 Å². The van der Waals surface area contributed by atoms with Crippen LogP contribution in [-0.4, -0.2) is 52.3 Å². The van der Waals surface area contributed by atoms with Gasteiger partial charge in [0.05, 0.1) is 12.7 Å². The molecule has 0 spiro atoms. The average Bonchev–Trinajstić information content (AvgIpc) is 3.11. The number of rotatable bonds is 7. The summed E-state index contributed by atoms with van der Waals surface area (Å²) in [6, 6.07) is 1.81. The highest BCUT2D eigenvalue weighted by molar-refractivity contribution is 5.10. The molecule has 0 radical (unpaired) electrons. The molecule has 2 aliphatic heterocycles. The van der Waals surface area contributed by atoms with Crippen molar-refractivity contribution in [3.63, 3.8) is 0 Å². The normalized spacial score (nSPS) is 27.2. The van der Waals surface area contributed by atoms with Gasteiger partial charge in [0, 0.05) is 23.8 Å². The molecule has 134 valence electrons. The zero-order valence-electron chi connectivity index (χ0n) is 14.3. The van der Waals surface area contributed by atoms with Gasteiger partial charge in [0.2, 0.25) is 5.88 Å². The number of alkyl halides is 2. The second kappa shape index (κ2) is 7.27. The Balaban J connectivity index is 1.59. The van der Waals surface area contributed by atoms with Crippen LogP contribution in [0.4, 0.5) is 8.78 Å². The van der Waals surface area contributed by atoms with Crippen molar-refractivity contribution in [3.05, 3.63) is 18.1 Å². The monoisotopic (exact) mass is 341 g/mol. The van der Waals surface area contributed by atoms with Crippen LogP contribution < -0.4 is 4.74 Å². The third kappa shape index (κ3) is 3.67. The minimum absolute atomic E-state index is 0.123. The van der Waals surface area contributed by atoms with Crippen molar-refractivity contribution in [2.24, 2.45) is 0 Å². The lowest BCUT2D eigenvalue weighted by molar-refractivity contribution is -0.00915. The maximum Gasteiger partial charge on any atom is 0.297 e. The molecule has 24 heavy (non-hydrogen) atoms. The molecular weight excluding hydrogens is 316 g/mol. The molecule has 2 saturated heterocycles. The van der Waals surface area contributed by atoms with Crippen LogP contribution >= 0.6 is 0 Å². The largest absolute Gasteiger partial charge is 0.476 e. The van der Waals surface area contributed by atoms with Crippen molar-refractivity contribution in [1.82, 2.24) is 14.9 Å². The molecule has 5 nitrogen and oxygen atoms in total. The average molecular weight is 341 g/mol. The minimum Gasteiger partial charge on any atom is -0.476 e. The van der Waals surface area contributed by atoms with E-state index >= 15 is 0 Å². The molecule has 3 rings (SSSR count). The smallest absolute Gasteiger partial charge is 0.297 e. The second-order valence-corrected chi connectivity index (χ2v) is 6.94. The maximum absolute atomic E-state index is 12.7. The molecule has 0 aliphatic carbocycles. The van der Waals surface area contributed by atoms with Crippen molar-refractivity contribution in [3.8, 4) is 5.88 Å². The lowest BCUT2D eigenvalue weighted by Gasteiger charge is -2.35. The summed E-state index contributed by atoms with van der Waals surface area (Å²) in [4.78, 5) is 9.82. The summed E-state index contributed by atoms with van der Waals surface area (Å²) in [6.07, 6.45) is 3.31. The highest BCUT2D eigenvalue weighted by Gasteiger charge is 2.49. The summed E-state index contributed by atoms with van der Waals surface area (Å²) in [5.41, 5.74) is 0.123. The molecule has 2 fully saturated rings. The van der Waals surface area contributed by atoms with E-state index in [-0.39, 0.29) is 23.6 Å². The Morgan fingerprint density at radius 1 is 1.38 bits per heavy atom. The van der Waals surface area contributed by atoms with Crippen LogP contribution in [0.15, 0.2) is 12.3 Å². The standard InChI is InChI=1S/C17H25F2N3O2/c1-12(2)24-11-17-6-3-9-22(17)13(4-7-17)10-23-14-5-8-20-16(21-14)15(18)19/h5,8,12-13,15H,3-4,6-7,9-11H2,1-2H3/t13-,17-/m0/s1. The molecular formula is C17H25F2N3O2. The first-order valence-corrected chi connectivity index (χ1v) is 8.62. The molecule has 0 saturated carbocycles. The van der Waals surface area contributed by atoms with Crippen LogP contribution in [0.1, 0.15) is 51.8 Å². The van der Waals surface area contributed by atoms with Crippen LogP contribution in [-0.2, 0) is 4.74 Å². The predicted octanol–water partition coefficient (Wildman–Crippen LogP) is 3.22. The predicted molar refractivity (Wildman–Crippen MR) is 85.3 cm³/mol. The summed E-state index contributed by atoms with van der Waals surface area (Å²) >= 11 is 0. The van der Waals surface area contributed by atoms with Crippen LogP contribution in [0.3, 0.4) is 0 Å². The Morgan fingerprint density at radius 2 is 2.21 bits per heavy atom. The zero-order chi connectivity index (χ0) is 17.2. The SMILES string of the molecule is CC(C)OC[C@@]12CCCN1[C@H](COc1ccnc(C(F)F)n1)CC2. The van der Waals surface area contributed by atoms with E-state index in [4.69, 9.17) is 9.47 Å². The lowest BCUT2D eigenvalue weighted by atomic mass is 9.95. The van der Waals surface area contributed by atoms with Crippen LogP contribution in [0.25, 0.3) is 0 Å². The Kier molecular flexibility index (Phi) is 5.30. The van der Waals surface area contributed by atoms with Crippen LogP contribution in [0, 0.1) is 0 Å². The number of halogens is 2. The molecule has 0 amide bonds. The highest BCUT2D eigenvalue weighted by Crippen LogP contribution is 2.42. The molecule has 2 aliphatic rings. The maximum atomic E-state index is 12.7.